The van der Waals surface area contributed by atoms with Gasteiger partial charge in [-0.25, -0.2) is 0 Å². The molecule has 0 unspecified atom stereocenters. The third-order valence-corrected chi connectivity index (χ3v) is 3.45. The third-order valence-electron chi connectivity index (χ3n) is 2.95. The van der Waals surface area contributed by atoms with Gasteiger partial charge < -0.3 is 10.6 Å². The fourth-order valence-electron chi connectivity index (χ4n) is 1.89. The number of hydrogen-bond acceptors (Lipinski definition) is 2. The lowest BCUT2D eigenvalue weighted by atomic mass is 10.1. The molecule has 0 bridgehead atoms. The van der Waals surface area contributed by atoms with Gasteiger partial charge in [-0.05, 0) is 36.8 Å². The maximum absolute atomic E-state index is 11.9. The number of rotatable bonds is 5. The molecule has 0 fully saturated rings. The molecule has 0 aromatic heterocycles. The summed E-state index contributed by atoms with van der Waals surface area (Å²) in [7, 11) is 0. The maximum atomic E-state index is 11.9. The highest BCUT2D eigenvalue weighted by Gasteiger charge is 2.09. The number of carbonyl (C=O) groups excluding carboxylic acids is 1. The number of nitrogens with one attached hydrogen (secondary N) is 2. The van der Waals surface area contributed by atoms with E-state index in [4.69, 9.17) is 0 Å². The van der Waals surface area contributed by atoms with Crippen LogP contribution in [0.25, 0.3) is 0 Å². The lowest BCUT2D eigenvalue weighted by molar-refractivity contribution is -0.120. The van der Waals surface area contributed by atoms with E-state index in [1.54, 1.807) is 0 Å². The first-order valence-electron chi connectivity index (χ1n) is 6.49. The van der Waals surface area contributed by atoms with Crippen molar-refractivity contribution in [3.05, 3.63) is 64.6 Å². The van der Waals surface area contributed by atoms with Gasteiger partial charge in [0, 0.05) is 10.2 Å². The minimum absolute atomic E-state index is 0.0161. The van der Waals surface area contributed by atoms with Crippen molar-refractivity contribution in [3.63, 3.8) is 0 Å². The molecule has 0 aliphatic rings. The monoisotopic (exact) mass is 332 g/mol. The van der Waals surface area contributed by atoms with Crippen molar-refractivity contribution in [2.24, 2.45) is 0 Å². The Kier molecular flexibility index (Phi) is 5.18. The van der Waals surface area contributed by atoms with Crippen LogP contribution in [0, 0.1) is 0 Å². The Morgan fingerprint density at radius 2 is 1.90 bits per heavy atom. The number of halogens is 1. The van der Waals surface area contributed by atoms with Crippen molar-refractivity contribution in [2.75, 3.05) is 11.9 Å². The molecule has 4 heteroatoms. The highest BCUT2D eigenvalue weighted by molar-refractivity contribution is 9.10. The van der Waals surface area contributed by atoms with Crippen molar-refractivity contribution in [1.29, 1.82) is 0 Å². The molecule has 1 atom stereocenters. The predicted molar refractivity (Wildman–Crippen MR) is 85.6 cm³/mol. The molecule has 2 N–H and O–H groups in total. The molecule has 2 aromatic carbocycles. The second-order valence-electron chi connectivity index (χ2n) is 4.56. The molecular formula is C16H17BrN2O. The van der Waals surface area contributed by atoms with E-state index in [9.17, 15) is 4.79 Å². The summed E-state index contributed by atoms with van der Waals surface area (Å²) in [6.07, 6.45) is 0. The molecule has 0 saturated heterocycles. The van der Waals surface area contributed by atoms with Gasteiger partial charge in [-0.3, -0.25) is 4.79 Å². The molecule has 1 amide bonds. The Bertz CT molecular complexity index is 572. The summed E-state index contributed by atoms with van der Waals surface area (Å²) < 4.78 is 1.01. The summed E-state index contributed by atoms with van der Waals surface area (Å²) in [5.74, 6) is -0.0265. The molecule has 2 rings (SSSR count). The first-order chi connectivity index (χ1) is 9.65. The molecule has 0 spiro atoms. The number of benzene rings is 2. The Morgan fingerprint density at radius 1 is 1.15 bits per heavy atom. The minimum atomic E-state index is -0.0265. The highest BCUT2D eigenvalue weighted by Crippen LogP contribution is 2.17. The van der Waals surface area contributed by atoms with E-state index in [2.05, 4.69) is 26.6 Å². The standard InChI is InChI=1S/C16H17BrN2O/c1-12(13-6-5-7-14(17)10-13)19-16(20)11-18-15-8-3-2-4-9-15/h2-10,12,18H,11H2,1H3,(H,19,20)/t12-/m1/s1. The summed E-state index contributed by atoms with van der Waals surface area (Å²) in [6.45, 7) is 2.24. The molecule has 20 heavy (non-hydrogen) atoms. The van der Waals surface area contributed by atoms with Gasteiger partial charge in [0.2, 0.25) is 5.91 Å². The fraction of sp³-hybridized carbons (Fsp3) is 0.188. The van der Waals surface area contributed by atoms with E-state index in [0.29, 0.717) is 0 Å². The Labute approximate surface area is 127 Å². The quantitative estimate of drug-likeness (QED) is 0.875. The van der Waals surface area contributed by atoms with Crippen LogP contribution in [0.15, 0.2) is 59.1 Å². The molecule has 3 nitrogen and oxygen atoms in total. The summed E-state index contributed by atoms with van der Waals surface area (Å²) in [6, 6.07) is 17.6. The predicted octanol–water partition coefficient (Wildman–Crippen LogP) is 3.74. The van der Waals surface area contributed by atoms with Crippen LogP contribution >= 0.6 is 15.9 Å². The van der Waals surface area contributed by atoms with E-state index in [0.717, 1.165) is 15.7 Å². The van der Waals surface area contributed by atoms with E-state index in [1.165, 1.54) is 0 Å². The summed E-state index contributed by atoms with van der Waals surface area (Å²) >= 11 is 3.43. The summed E-state index contributed by atoms with van der Waals surface area (Å²) in [4.78, 5) is 11.9. The topological polar surface area (TPSA) is 41.1 Å². The van der Waals surface area contributed by atoms with Gasteiger partial charge in [0.15, 0.2) is 0 Å². The van der Waals surface area contributed by atoms with E-state index in [1.807, 2.05) is 61.5 Å². The second kappa shape index (κ2) is 7.10. The van der Waals surface area contributed by atoms with Crippen molar-refractivity contribution < 1.29 is 4.79 Å². The molecule has 0 aliphatic carbocycles. The SMILES string of the molecule is C[C@@H](NC(=O)CNc1ccccc1)c1cccc(Br)c1. The van der Waals surface area contributed by atoms with Crippen LogP contribution < -0.4 is 10.6 Å². The van der Waals surface area contributed by atoms with E-state index >= 15 is 0 Å². The Hall–Kier alpha value is -1.81. The van der Waals surface area contributed by atoms with Gasteiger partial charge in [-0.2, -0.15) is 0 Å². The molecule has 0 heterocycles. The van der Waals surface area contributed by atoms with E-state index < -0.39 is 0 Å². The van der Waals surface area contributed by atoms with Gasteiger partial charge in [-0.1, -0.05) is 46.3 Å². The van der Waals surface area contributed by atoms with Crippen LogP contribution in [0.1, 0.15) is 18.5 Å². The number of para-hydroxylation sites is 1. The van der Waals surface area contributed by atoms with E-state index in [-0.39, 0.29) is 18.5 Å². The number of amides is 1. The fourth-order valence-corrected chi connectivity index (χ4v) is 2.31. The summed E-state index contributed by atoms with van der Waals surface area (Å²) in [5.41, 5.74) is 2.02. The van der Waals surface area contributed by atoms with Crippen molar-refractivity contribution in [2.45, 2.75) is 13.0 Å². The normalized spacial score (nSPS) is 11.7. The summed E-state index contributed by atoms with van der Waals surface area (Å²) in [5, 5.41) is 6.06. The number of carbonyl (C=O) groups is 1. The van der Waals surface area contributed by atoms with Crippen LogP contribution in [0.5, 0.6) is 0 Å². The Balaban J connectivity index is 1.85. The molecule has 104 valence electrons. The zero-order valence-electron chi connectivity index (χ0n) is 11.3. The van der Waals surface area contributed by atoms with Crippen LogP contribution in [0.3, 0.4) is 0 Å². The van der Waals surface area contributed by atoms with Gasteiger partial charge in [0.25, 0.3) is 0 Å². The first kappa shape index (κ1) is 14.6. The van der Waals surface area contributed by atoms with Gasteiger partial charge in [-0.15, -0.1) is 0 Å². The van der Waals surface area contributed by atoms with Gasteiger partial charge in [0.1, 0.15) is 0 Å². The van der Waals surface area contributed by atoms with Gasteiger partial charge in [0.05, 0.1) is 12.6 Å². The van der Waals surface area contributed by atoms with Crippen LogP contribution in [0.2, 0.25) is 0 Å². The first-order valence-corrected chi connectivity index (χ1v) is 7.28. The smallest absolute Gasteiger partial charge is 0.239 e. The van der Waals surface area contributed by atoms with Crippen molar-refractivity contribution in [1.82, 2.24) is 5.32 Å². The highest BCUT2D eigenvalue weighted by atomic mass is 79.9. The third kappa shape index (κ3) is 4.38. The van der Waals surface area contributed by atoms with Crippen molar-refractivity contribution in [3.8, 4) is 0 Å². The van der Waals surface area contributed by atoms with Crippen LogP contribution in [-0.4, -0.2) is 12.5 Å². The zero-order chi connectivity index (χ0) is 14.4. The Morgan fingerprint density at radius 3 is 2.60 bits per heavy atom. The molecule has 2 aromatic rings. The lowest BCUT2D eigenvalue weighted by Crippen LogP contribution is -2.32. The van der Waals surface area contributed by atoms with Crippen LogP contribution in [0.4, 0.5) is 5.69 Å². The molecule has 0 aliphatic heterocycles. The lowest BCUT2D eigenvalue weighted by Gasteiger charge is -2.15. The number of hydrogen-bond donors (Lipinski definition) is 2. The van der Waals surface area contributed by atoms with Gasteiger partial charge >= 0.3 is 0 Å². The molecule has 0 radical (unpaired) electrons. The second-order valence-corrected chi connectivity index (χ2v) is 5.48. The molecule has 0 saturated carbocycles. The average Bonchev–Trinajstić information content (AvgIpc) is 2.46. The zero-order valence-corrected chi connectivity index (χ0v) is 12.9. The largest absolute Gasteiger partial charge is 0.376 e. The van der Waals surface area contributed by atoms with Crippen LogP contribution in [-0.2, 0) is 4.79 Å². The molecular weight excluding hydrogens is 316 g/mol. The number of anilines is 1. The minimum Gasteiger partial charge on any atom is -0.376 e. The van der Waals surface area contributed by atoms with Crippen molar-refractivity contribution >= 4 is 27.5 Å². The maximum Gasteiger partial charge on any atom is 0.239 e. The average molecular weight is 333 g/mol.